The molecule has 38 heavy (non-hydrogen) atoms. The lowest BCUT2D eigenvalue weighted by Crippen LogP contribution is -2.45. The lowest BCUT2D eigenvalue weighted by molar-refractivity contribution is -0.0940. The fourth-order valence-corrected chi connectivity index (χ4v) is 5.38. The fraction of sp³-hybridized carbons (Fsp3) is 0.500. The van der Waals surface area contributed by atoms with Crippen LogP contribution in [0, 0.1) is 6.92 Å². The van der Waals surface area contributed by atoms with Crippen LogP contribution in [0.1, 0.15) is 71.3 Å². The molecule has 1 aliphatic heterocycles. The Balaban J connectivity index is 1.18. The second-order valence-corrected chi connectivity index (χ2v) is 10.2. The number of aryl methyl sites for hydroxylation is 1. The summed E-state index contributed by atoms with van der Waals surface area (Å²) in [5.74, 6) is 0.960. The molecule has 0 spiro atoms. The SMILES string of the molecule is Cc1cccc2c1CCN(C[C@@H](O)CNC(=O)c1cc(NC3CCCCC3)ncn1)C2OCc1cnco1. The molecule has 3 N–H and O–H groups in total. The third kappa shape index (κ3) is 6.56. The van der Waals surface area contributed by atoms with Crippen molar-refractivity contribution in [2.24, 2.45) is 0 Å². The summed E-state index contributed by atoms with van der Waals surface area (Å²) in [7, 11) is 0. The molecule has 5 rings (SSSR count). The first-order valence-electron chi connectivity index (χ1n) is 13.4. The van der Waals surface area contributed by atoms with E-state index in [4.69, 9.17) is 9.15 Å². The Labute approximate surface area is 222 Å². The summed E-state index contributed by atoms with van der Waals surface area (Å²) in [5, 5.41) is 17.1. The molecule has 1 saturated carbocycles. The summed E-state index contributed by atoms with van der Waals surface area (Å²) >= 11 is 0. The number of amides is 1. The molecule has 3 heterocycles. The van der Waals surface area contributed by atoms with Crippen molar-refractivity contribution in [2.75, 3.05) is 25.0 Å². The molecule has 0 radical (unpaired) electrons. The zero-order valence-corrected chi connectivity index (χ0v) is 21.8. The van der Waals surface area contributed by atoms with Gasteiger partial charge in [-0.3, -0.25) is 9.69 Å². The van der Waals surface area contributed by atoms with Crippen molar-refractivity contribution in [3.05, 3.63) is 71.3 Å². The van der Waals surface area contributed by atoms with E-state index in [1.807, 2.05) is 6.07 Å². The molecule has 3 aromatic rings. The number of carbonyl (C=O) groups is 1. The van der Waals surface area contributed by atoms with Crippen molar-refractivity contribution in [1.29, 1.82) is 0 Å². The minimum absolute atomic E-state index is 0.0974. The maximum Gasteiger partial charge on any atom is 0.270 e. The van der Waals surface area contributed by atoms with Crippen LogP contribution in [-0.4, -0.2) is 62.6 Å². The molecule has 0 bridgehead atoms. The number of hydrogen-bond donors (Lipinski definition) is 3. The highest BCUT2D eigenvalue weighted by Crippen LogP contribution is 2.33. The van der Waals surface area contributed by atoms with E-state index in [2.05, 4.69) is 49.5 Å². The van der Waals surface area contributed by atoms with E-state index in [1.165, 1.54) is 43.1 Å². The van der Waals surface area contributed by atoms with Crippen molar-refractivity contribution >= 4 is 11.7 Å². The quantitative estimate of drug-likeness (QED) is 0.369. The van der Waals surface area contributed by atoms with E-state index in [0.29, 0.717) is 24.2 Å². The maximum atomic E-state index is 12.8. The highest BCUT2D eigenvalue weighted by Gasteiger charge is 2.30. The first-order chi connectivity index (χ1) is 18.6. The second kappa shape index (κ2) is 12.5. The highest BCUT2D eigenvalue weighted by atomic mass is 16.5. The number of aromatic nitrogens is 3. The van der Waals surface area contributed by atoms with Gasteiger partial charge in [0.05, 0.1) is 12.3 Å². The molecule has 2 aromatic heterocycles. The standard InChI is InChI=1S/C28H36N6O4/c1-19-6-5-9-24-23(19)10-11-34(28(24)37-16-22-14-29-18-38-22)15-21(35)13-30-27(36)25-12-26(32-17-31-25)33-20-7-3-2-4-8-20/h5-6,9,12,14,17-18,20-21,28,35H,2-4,7-8,10-11,13,15-16H2,1H3,(H,30,36)(H,31,32,33)/t21-,28?/m0/s1. The van der Waals surface area contributed by atoms with E-state index in [-0.39, 0.29) is 31.0 Å². The van der Waals surface area contributed by atoms with E-state index in [1.54, 1.807) is 12.3 Å². The van der Waals surface area contributed by atoms with Crippen molar-refractivity contribution in [3.8, 4) is 0 Å². The minimum atomic E-state index is -0.789. The van der Waals surface area contributed by atoms with Gasteiger partial charge in [0.2, 0.25) is 0 Å². The normalized spacial score (nSPS) is 19.1. The number of aliphatic hydroxyl groups is 1. The number of benzene rings is 1. The van der Waals surface area contributed by atoms with Gasteiger partial charge in [-0.15, -0.1) is 0 Å². The minimum Gasteiger partial charge on any atom is -0.446 e. The largest absolute Gasteiger partial charge is 0.446 e. The monoisotopic (exact) mass is 520 g/mol. The van der Waals surface area contributed by atoms with Gasteiger partial charge in [0.15, 0.2) is 6.39 Å². The van der Waals surface area contributed by atoms with E-state index < -0.39 is 6.10 Å². The topological polar surface area (TPSA) is 126 Å². The molecule has 10 heteroatoms. The number of nitrogens with zero attached hydrogens (tertiary/aromatic N) is 4. The van der Waals surface area contributed by atoms with Crippen LogP contribution in [0.4, 0.5) is 5.82 Å². The molecule has 1 aromatic carbocycles. The Morgan fingerprint density at radius 3 is 2.95 bits per heavy atom. The number of nitrogens with one attached hydrogen (secondary N) is 2. The third-order valence-electron chi connectivity index (χ3n) is 7.36. The lowest BCUT2D eigenvalue weighted by atomic mass is 9.93. The number of ether oxygens (including phenoxy) is 1. The number of anilines is 1. The van der Waals surface area contributed by atoms with E-state index in [9.17, 15) is 9.90 Å². The Kier molecular flexibility index (Phi) is 8.62. The van der Waals surface area contributed by atoms with Crippen LogP contribution < -0.4 is 10.6 Å². The Morgan fingerprint density at radius 2 is 2.13 bits per heavy atom. The molecule has 10 nitrogen and oxygen atoms in total. The van der Waals surface area contributed by atoms with Crippen LogP contribution in [0.25, 0.3) is 0 Å². The van der Waals surface area contributed by atoms with Crippen molar-refractivity contribution in [1.82, 2.24) is 25.2 Å². The fourth-order valence-electron chi connectivity index (χ4n) is 5.38. The first-order valence-corrected chi connectivity index (χ1v) is 13.4. The van der Waals surface area contributed by atoms with Gasteiger partial charge in [0, 0.05) is 31.7 Å². The molecule has 0 saturated heterocycles. The molecular formula is C28H36N6O4. The molecule has 2 atom stereocenters. The van der Waals surface area contributed by atoms with Gasteiger partial charge in [-0.2, -0.15) is 0 Å². The van der Waals surface area contributed by atoms with Crippen LogP contribution in [0.15, 0.2) is 47.6 Å². The maximum absolute atomic E-state index is 12.8. The number of carbonyl (C=O) groups excluding carboxylic acids is 1. The summed E-state index contributed by atoms with van der Waals surface area (Å²) in [5.41, 5.74) is 3.87. The number of fused-ring (bicyclic) bond motifs is 1. The van der Waals surface area contributed by atoms with Gasteiger partial charge in [0.25, 0.3) is 5.91 Å². The Hall–Kier alpha value is -3.34. The number of β-amino-alcohol motifs (C(OH)–C–C–N with tert-alkyl or cyclic N) is 1. The smallest absolute Gasteiger partial charge is 0.270 e. The number of oxazole rings is 1. The van der Waals surface area contributed by atoms with Gasteiger partial charge < -0.3 is 24.9 Å². The van der Waals surface area contributed by atoms with Gasteiger partial charge in [-0.25, -0.2) is 15.0 Å². The Bertz CT molecular complexity index is 1200. The van der Waals surface area contributed by atoms with Gasteiger partial charge in [0.1, 0.15) is 36.4 Å². The third-order valence-corrected chi connectivity index (χ3v) is 7.36. The average molecular weight is 521 g/mol. The van der Waals surface area contributed by atoms with Crippen molar-refractivity contribution < 1.29 is 19.1 Å². The summed E-state index contributed by atoms with van der Waals surface area (Å²) in [6.45, 7) is 3.54. The van der Waals surface area contributed by atoms with Gasteiger partial charge >= 0.3 is 0 Å². The molecule has 1 aliphatic carbocycles. The first kappa shape index (κ1) is 26.3. The van der Waals surface area contributed by atoms with E-state index >= 15 is 0 Å². The van der Waals surface area contributed by atoms with Crippen LogP contribution >= 0.6 is 0 Å². The average Bonchev–Trinajstić information content (AvgIpc) is 3.46. The zero-order valence-electron chi connectivity index (χ0n) is 21.8. The molecule has 2 aliphatic rings. The van der Waals surface area contributed by atoms with Crippen LogP contribution in [0.2, 0.25) is 0 Å². The van der Waals surface area contributed by atoms with Gasteiger partial charge in [-0.05, 0) is 42.9 Å². The summed E-state index contributed by atoms with van der Waals surface area (Å²) in [6.07, 6.45) is 10.1. The van der Waals surface area contributed by atoms with Crippen molar-refractivity contribution in [3.63, 3.8) is 0 Å². The van der Waals surface area contributed by atoms with E-state index in [0.717, 1.165) is 31.4 Å². The zero-order chi connectivity index (χ0) is 26.3. The van der Waals surface area contributed by atoms with Crippen LogP contribution in [-0.2, 0) is 17.8 Å². The molecule has 1 amide bonds. The van der Waals surface area contributed by atoms with Gasteiger partial charge in [-0.1, -0.05) is 37.5 Å². The summed E-state index contributed by atoms with van der Waals surface area (Å²) < 4.78 is 11.6. The second-order valence-electron chi connectivity index (χ2n) is 10.2. The number of hydrogen-bond acceptors (Lipinski definition) is 9. The van der Waals surface area contributed by atoms with Crippen LogP contribution in [0.3, 0.4) is 0 Å². The van der Waals surface area contributed by atoms with Crippen LogP contribution in [0.5, 0.6) is 0 Å². The predicted molar refractivity (Wildman–Crippen MR) is 141 cm³/mol. The molecule has 1 unspecified atom stereocenters. The predicted octanol–water partition coefficient (Wildman–Crippen LogP) is 3.38. The molecule has 1 fully saturated rings. The molecular weight excluding hydrogens is 484 g/mol. The lowest BCUT2D eigenvalue weighted by Gasteiger charge is -2.38. The molecule has 202 valence electrons. The number of rotatable bonds is 10. The summed E-state index contributed by atoms with van der Waals surface area (Å²) in [6, 6.07) is 8.26. The highest BCUT2D eigenvalue weighted by molar-refractivity contribution is 5.92. The van der Waals surface area contributed by atoms with Crippen molar-refractivity contribution in [2.45, 2.75) is 70.4 Å². The summed E-state index contributed by atoms with van der Waals surface area (Å²) in [4.78, 5) is 27.3. The Morgan fingerprint density at radius 1 is 1.26 bits per heavy atom. The number of aliphatic hydroxyl groups excluding tert-OH is 1.